The molecule has 0 aliphatic heterocycles. The quantitative estimate of drug-likeness (QED) is 0.333. The molecule has 0 spiro atoms. The van der Waals surface area contributed by atoms with E-state index in [1.165, 1.54) is 0 Å². The predicted molar refractivity (Wildman–Crippen MR) is 20.0 cm³/mol. The summed E-state index contributed by atoms with van der Waals surface area (Å²) in [5.41, 5.74) is 0. The molecule has 0 amide bonds. The summed E-state index contributed by atoms with van der Waals surface area (Å²) in [6.45, 7) is 0. The second-order valence-corrected chi connectivity index (χ2v) is 1.79. The SMILES string of the molecule is [B]OP(=O)(O)O.[H-].[Rb+]. The Bertz CT molecular complexity index is 80.1. The molecule has 7 heavy (non-hydrogen) atoms. The van der Waals surface area contributed by atoms with Gasteiger partial charge in [0.2, 0.25) is 0 Å². The summed E-state index contributed by atoms with van der Waals surface area (Å²) in [5.74, 6) is 0. The van der Waals surface area contributed by atoms with Crippen molar-refractivity contribution in [1.29, 1.82) is 0 Å². The normalized spacial score (nSPS) is 10.0. The molecule has 0 aliphatic rings. The van der Waals surface area contributed by atoms with E-state index >= 15 is 0 Å². The predicted octanol–water partition coefficient (Wildman–Crippen LogP) is -3.70. The first kappa shape index (κ1) is 11.7. The Labute approximate surface area is 92.6 Å². The third kappa shape index (κ3) is 11.5. The summed E-state index contributed by atoms with van der Waals surface area (Å²) < 4.78 is 12.5. The van der Waals surface area contributed by atoms with Crippen LogP contribution in [0, 0.1) is 0 Å². The molecule has 0 aromatic heterocycles. The van der Waals surface area contributed by atoms with Crippen LogP contribution in [0.3, 0.4) is 0 Å². The second-order valence-electron chi connectivity index (χ2n) is 0.596. The first-order valence-electron chi connectivity index (χ1n) is 1.00. The first-order valence-corrected chi connectivity index (χ1v) is 2.53. The Morgan fingerprint density at radius 3 is 1.86 bits per heavy atom. The van der Waals surface area contributed by atoms with Crippen molar-refractivity contribution in [1.82, 2.24) is 0 Å². The zero-order chi connectivity index (χ0) is 5.21. The average molecular weight is 194 g/mol. The molecule has 0 rings (SSSR count). The van der Waals surface area contributed by atoms with Crippen molar-refractivity contribution < 1.29 is 78.4 Å². The summed E-state index contributed by atoms with van der Waals surface area (Å²) >= 11 is 0. The van der Waals surface area contributed by atoms with Crippen LogP contribution >= 0.6 is 7.82 Å². The Kier molecular flexibility index (Phi) is 8.08. The van der Waals surface area contributed by atoms with E-state index in [9.17, 15) is 4.57 Å². The van der Waals surface area contributed by atoms with Gasteiger partial charge in [-0.2, -0.15) is 0 Å². The third-order valence-corrected chi connectivity index (χ3v) is 0.412. The third-order valence-electron chi connectivity index (χ3n) is 0.137. The maximum absolute atomic E-state index is 9.35. The molecule has 2 N–H and O–H groups in total. The largest absolute Gasteiger partial charge is 1.00 e. The van der Waals surface area contributed by atoms with Crippen LogP contribution in [0.25, 0.3) is 0 Å². The molecule has 0 unspecified atom stereocenters. The van der Waals surface area contributed by atoms with E-state index in [1.54, 1.807) is 0 Å². The van der Waals surface area contributed by atoms with E-state index < -0.39 is 7.82 Å². The van der Waals surface area contributed by atoms with Gasteiger partial charge in [0.25, 0.3) is 8.05 Å². The molecular formula is H3BO4PRb. The number of hydrogen-bond acceptors (Lipinski definition) is 2. The minimum absolute atomic E-state index is 0. The summed E-state index contributed by atoms with van der Waals surface area (Å²) in [5, 5.41) is 0. The number of rotatable bonds is 1. The van der Waals surface area contributed by atoms with Gasteiger partial charge in [0.05, 0.1) is 0 Å². The molecule has 0 aliphatic carbocycles. The van der Waals surface area contributed by atoms with Crippen LogP contribution < -0.4 is 58.2 Å². The summed E-state index contributed by atoms with van der Waals surface area (Å²) in [6.07, 6.45) is 0. The van der Waals surface area contributed by atoms with Gasteiger partial charge in [0, 0.05) is 0 Å². The van der Waals surface area contributed by atoms with Crippen LogP contribution in [0.15, 0.2) is 0 Å². The standard InChI is InChI=1S/BH2O4P.Rb.H/c1-5-6(2,3)4;;/h(H2,2,3,4);;/q;+1;-1. The number of phosphoric acid groups is 1. The van der Waals surface area contributed by atoms with Crippen molar-refractivity contribution in [3.8, 4) is 0 Å². The number of hydrogen-bond donors (Lipinski definition) is 2. The van der Waals surface area contributed by atoms with Crippen molar-refractivity contribution in [2.75, 3.05) is 0 Å². The van der Waals surface area contributed by atoms with Crippen molar-refractivity contribution in [2.45, 2.75) is 0 Å². The van der Waals surface area contributed by atoms with Crippen molar-refractivity contribution >= 4 is 15.9 Å². The van der Waals surface area contributed by atoms with Crippen LogP contribution in [0.5, 0.6) is 0 Å². The molecule has 0 heterocycles. The molecule has 0 saturated carbocycles. The molecule has 0 bridgehead atoms. The second kappa shape index (κ2) is 4.82. The fourth-order valence-corrected chi connectivity index (χ4v) is 0. The van der Waals surface area contributed by atoms with Gasteiger partial charge < -0.3 is 15.7 Å². The molecular weight excluding hydrogens is 191 g/mol. The van der Waals surface area contributed by atoms with Crippen LogP contribution in [-0.2, 0) is 9.01 Å². The summed E-state index contributed by atoms with van der Waals surface area (Å²) in [7, 11) is -0.326. The fraction of sp³-hybridized carbons (Fsp3) is 0. The molecule has 2 radical (unpaired) electrons. The van der Waals surface area contributed by atoms with Gasteiger partial charge in [-0.05, 0) is 0 Å². The molecule has 36 valence electrons. The maximum atomic E-state index is 9.35. The Morgan fingerprint density at radius 2 is 1.86 bits per heavy atom. The zero-order valence-corrected chi connectivity index (χ0v) is 9.55. The van der Waals surface area contributed by atoms with Gasteiger partial charge in [-0.15, -0.1) is 0 Å². The minimum Gasteiger partial charge on any atom is -1.00 e. The van der Waals surface area contributed by atoms with E-state index in [0.717, 1.165) is 0 Å². The van der Waals surface area contributed by atoms with Crippen molar-refractivity contribution in [3.63, 3.8) is 0 Å². The van der Waals surface area contributed by atoms with Gasteiger partial charge in [-0.25, -0.2) is 4.57 Å². The Morgan fingerprint density at radius 1 is 1.71 bits per heavy atom. The average Bonchev–Trinajstić information content (AvgIpc) is 1.35. The molecule has 0 aromatic rings. The van der Waals surface area contributed by atoms with Gasteiger partial charge in [0.15, 0.2) is 0 Å². The fourth-order valence-electron chi connectivity index (χ4n) is 0. The monoisotopic (exact) mass is 194 g/mol. The van der Waals surface area contributed by atoms with Gasteiger partial charge in [-0.1, -0.05) is 0 Å². The van der Waals surface area contributed by atoms with E-state index in [4.69, 9.17) is 9.79 Å². The molecule has 0 saturated heterocycles. The molecule has 7 heteroatoms. The van der Waals surface area contributed by atoms with Crippen LogP contribution in [0.4, 0.5) is 0 Å². The van der Waals surface area contributed by atoms with E-state index in [0.29, 0.717) is 0 Å². The summed E-state index contributed by atoms with van der Waals surface area (Å²) in [6, 6.07) is 0. The minimum atomic E-state index is -4.37. The van der Waals surface area contributed by atoms with Crippen molar-refractivity contribution in [3.05, 3.63) is 0 Å². The van der Waals surface area contributed by atoms with Gasteiger partial charge >= 0.3 is 66.0 Å². The zero-order valence-electron chi connectivity index (χ0n) is 4.74. The molecule has 4 nitrogen and oxygen atoms in total. The summed E-state index contributed by atoms with van der Waals surface area (Å²) in [4.78, 5) is 15.2. The van der Waals surface area contributed by atoms with Crippen LogP contribution in [-0.4, -0.2) is 17.8 Å². The maximum Gasteiger partial charge on any atom is 1.00 e. The van der Waals surface area contributed by atoms with Crippen molar-refractivity contribution in [2.24, 2.45) is 0 Å². The van der Waals surface area contributed by atoms with Crippen LogP contribution in [0.2, 0.25) is 0 Å². The Balaban J connectivity index is -0.000000125. The molecule has 0 fully saturated rings. The smallest absolute Gasteiger partial charge is 1.00 e. The van der Waals surface area contributed by atoms with Gasteiger partial charge in [0.1, 0.15) is 0 Å². The van der Waals surface area contributed by atoms with Gasteiger partial charge in [-0.3, -0.25) is 0 Å². The van der Waals surface area contributed by atoms with E-state index in [-0.39, 0.29) is 59.6 Å². The van der Waals surface area contributed by atoms with E-state index in [1.807, 2.05) is 0 Å². The molecule has 0 aromatic carbocycles. The topological polar surface area (TPSA) is 66.8 Å². The Hall–Kier alpha value is 1.98. The van der Waals surface area contributed by atoms with Crippen LogP contribution in [0.1, 0.15) is 1.43 Å². The first-order chi connectivity index (χ1) is 2.56. The van der Waals surface area contributed by atoms with E-state index in [2.05, 4.69) is 12.5 Å². The molecule has 0 atom stereocenters.